The van der Waals surface area contributed by atoms with Crippen molar-refractivity contribution in [2.75, 3.05) is 13.3 Å². The summed E-state index contributed by atoms with van der Waals surface area (Å²) in [7, 11) is 0. The van der Waals surface area contributed by atoms with Crippen molar-refractivity contribution < 1.29 is 28.6 Å². The van der Waals surface area contributed by atoms with E-state index in [2.05, 4.69) is 14.8 Å². The summed E-state index contributed by atoms with van der Waals surface area (Å²) in [4.78, 5) is 33.9. The summed E-state index contributed by atoms with van der Waals surface area (Å²) < 4.78 is 14.4. The number of esters is 2. The molecule has 0 fully saturated rings. The van der Waals surface area contributed by atoms with Crippen molar-refractivity contribution in [1.29, 1.82) is 0 Å². The number of amides is 1. The molecule has 0 unspecified atom stereocenters. The zero-order chi connectivity index (χ0) is 17.8. The number of carbonyl (C=O) groups is 3. The second-order valence-corrected chi connectivity index (χ2v) is 5.21. The predicted octanol–water partition coefficient (Wildman–Crippen LogP) is 2.40. The van der Waals surface area contributed by atoms with E-state index in [4.69, 9.17) is 16.3 Å². The molecule has 1 aromatic rings. The maximum atomic E-state index is 11.6. The molecule has 7 nitrogen and oxygen atoms in total. The van der Waals surface area contributed by atoms with Crippen LogP contribution < -0.4 is 10.1 Å². The topological polar surface area (TPSA) is 90.9 Å². The second-order valence-electron chi connectivity index (χ2n) is 4.77. The molecule has 0 atom stereocenters. The van der Waals surface area contributed by atoms with E-state index in [-0.39, 0.29) is 48.9 Å². The average Bonchev–Trinajstić information content (AvgIpc) is 2.54. The summed E-state index contributed by atoms with van der Waals surface area (Å²) in [6.45, 7) is 1.65. The van der Waals surface area contributed by atoms with Crippen LogP contribution in [0.5, 0.6) is 5.75 Å². The Labute approximate surface area is 173 Å². The van der Waals surface area contributed by atoms with Crippen LogP contribution in [0.4, 0.5) is 4.79 Å². The van der Waals surface area contributed by atoms with Crippen molar-refractivity contribution in [1.82, 2.24) is 5.32 Å². The first-order valence-electron chi connectivity index (χ1n) is 7.53. The monoisotopic (exact) mass is 381 g/mol. The number of alkyl carbamates (subject to hydrolysis) is 1. The molecule has 1 amide bonds. The molecule has 0 saturated carbocycles. The van der Waals surface area contributed by atoms with Gasteiger partial charge in [-0.15, -0.1) is 0 Å². The van der Waals surface area contributed by atoms with Crippen LogP contribution in [-0.2, 0) is 19.1 Å². The Kier molecular flexibility index (Phi) is 13.2. The summed E-state index contributed by atoms with van der Waals surface area (Å²) in [5.41, 5.74) is 0. The third-order valence-corrected chi connectivity index (χ3v) is 2.99. The Balaban J connectivity index is 0.00000576. The van der Waals surface area contributed by atoms with Crippen LogP contribution in [0.25, 0.3) is 0 Å². The quantitative estimate of drug-likeness (QED) is 0.232. The third kappa shape index (κ3) is 11.8. The van der Waals surface area contributed by atoms with Gasteiger partial charge in [-0.2, -0.15) is 0 Å². The van der Waals surface area contributed by atoms with Gasteiger partial charge in [-0.3, -0.25) is 9.59 Å². The molecule has 134 valence electrons. The minimum absolute atomic E-state index is 0. The molecule has 0 radical (unpaired) electrons. The number of benzene rings is 1. The van der Waals surface area contributed by atoms with E-state index < -0.39 is 24.8 Å². The van der Waals surface area contributed by atoms with E-state index in [0.717, 1.165) is 0 Å². The third-order valence-electron chi connectivity index (χ3n) is 2.74. The summed E-state index contributed by atoms with van der Waals surface area (Å²) in [5, 5.41) is 2.99. The Bertz CT molecular complexity index is 552. The standard InChI is InChI=1S/C16H20ClNO6.Na.H/c1-2-4-14(19)22-11-23-16(21)18-10-3-5-15(20)24-13-8-6-12(17)7-9-13;;/h6-9H,2-5,10-11H2,1H3,(H,18,21);;. The van der Waals surface area contributed by atoms with Crippen molar-refractivity contribution in [2.45, 2.75) is 32.6 Å². The SMILES string of the molecule is CCCC(=O)OCOC(=O)NCCCC(=O)Oc1ccc(Cl)cc1.[NaH]. The summed E-state index contributed by atoms with van der Waals surface area (Å²) in [6.07, 6.45) is 0.744. The zero-order valence-electron chi connectivity index (χ0n) is 13.4. The van der Waals surface area contributed by atoms with Crippen molar-refractivity contribution in [3.8, 4) is 5.75 Å². The van der Waals surface area contributed by atoms with Gasteiger partial charge in [0.05, 0.1) is 0 Å². The molecule has 25 heavy (non-hydrogen) atoms. The zero-order valence-corrected chi connectivity index (χ0v) is 14.1. The van der Waals surface area contributed by atoms with Gasteiger partial charge in [0.15, 0.2) is 0 Å². The molecule has 0 aliphatic rings. The van der Waals surface area contributed by atoms with Gasteiger partial charge in [0, 0.05) is 24.4 Å². The van der Waals surface area contributed by atoms with Crippen LogP contribution in [0.15, 0.2) is 24.3 Å². The van der Waals surface area contributed by atoms with Crippen LogP contribution in [0, 0.1) is 0 Å². The maximum absolute atomic E-state index is 11.6. The molecule has 0 heterocycles. The Morgan fingerprint density at radius 1 is 1.04 bits per heavy atom. The van der Waals surface area contributed by atoms with Crippen molar-refractivity contribution in [3.05, 3.63) is 29.3 Å². The fourth-order valence-corrected chi connectivity index (χ4v) is 1.71. The van der Waals surface area contributed by atoms with Gasteiger partial charge < -0.3 is 19.5 Å². The number of ether oxygens (including phenoxy) is 3. The number of nitrogens with one attached hydrogen (secondary N) is 1. The Morgan fingerprint density at radius 2 is 1.72 bits per heavy atom. The fourth-order valence-electron chi connectivity index (χ4n) is 1.58. The first kappa shape index (κ1) is 23.7. The molecule has 0 spiro atoms. The number of carbonyl (C=O) groups excluding carboxylic acids is 3. The van der Waals surface area contributed by atoms with E-state index in [1.165, 1.54) is 0 Å². The van der Waals surface area contributed by atoms with Crippen LogP contribution in [0.2, 0.25) is 5.02 Å². The fraction of sp³-hybridized carbons (Fsp3) is 0.438. The van der Waals surface area contributed by atoms with Gasteiger partial charge in [-0.1, -0.05) is 18.5 Å². The van der Waals surface area contributed by atoms with Gasteiger partial charge in [0.2, 0.25) is 6.79 Å². The van der Waals surface area contributed by atoms with Gasteiger partial charge in [0.25, 0.3) is 0 Å². The molecule has 0 bridgehead atoms. The van der Waals surface area contributed by atoms with Crippen molar-refractivity contribution >= 4 is 59.2 Å². The molecule has 1 rings (SSSR count). The number of halogens is 1. The van der Waals surface area contributed by atoms with Gasteiger partial charge in [0.1, 0.15) is 5.75 Å². The van der Waals surface area contributed by atoms with Crippen LogP contribution >= 0.6 is 11.6 Å². The average molecular weight is 382 g/mol. The molecule has 9 heteroatoms. The van der Waals surface area contributed by atoms with E-state index in [9.17, 15) is 14.4 Å². The Hall–Kier alpha value is -1.28. The van der Waals surface area contributed by atoms with E-state index in [1.807, 2.05) is 6.92 Å². The molecular weight excluding hydrogens is 361 g/mol. The number of hydrogen-bond donors (Lipinski definition) is 1. The van der Waals surface area contributed by atoms with Gasteiger partial charge in [-0.05, 0) is 37.1 Å². The molecule has 1 aromatic carbocycles. The molecule has 0 saturated heterocycles. The summed E-state index contributed by atoms with van der Waals surface area (Å²) in [6, 6.07) is 6.43. The molecular formula is C16H21ClNNaO6. The molecule has 0 aliphatic carbocycles. The van der Waals surface area contributed by atoms with Crippen LogP contribution in [-0.4, -0.2) is 60.9 Å². The van der Waals surface area contributed by atoms with Crippen LogP contribution in [0.3, 0.4) is 0 Å². The molecule has 1 N–H and O–H groups in total. The van der Waals surface area contributed by atoms with Crippen molar-refractivity contribution in [3.63, 3.8) is 0 Å². The van der Waals surface area contributed by atoms with Crippen molar-refractivity contribution in [2.24, 2.45) is 0 Å². The first-order chi connectivity index (χ1) is 11.5. The summed E-state index contributed by atoms with van der Waals surface area (Å²) in [5.74, 6) is -0.429. The normalized spacial score (nSPS) is 9.52. The van der Waals surface area contributed by atoms with E-state index in [0.29, 0.717) is 23.6 Å². The van der Waals surface area contributed by atoms with Crippen LogP contribution in [0.1, 0.15) is 32.6 Å². The first-order valence-corrected chi connectivity index (χ1v) is 7.91. The number of hydrogen-bond acceptors (Lipinski definition) is 6. The minimum atomic E-state index is -0.717. The number of rotatable bonds is 9. The van der Waals surface area contributed by atoms with E-state index in [1.54, 1.807) is 24.3 Å². The Morgan fingerprint density at radius 3 is 2.36 bits per heavy atom. The second kappa shape index (κ2) is 13.9. The van der Waals surface area contributed by atoms with E-state index >= 15 is 0 Å². The molecule has 0 aromatic heterocycles. The van der Waals surface area contributed by atoms with Gasteiger partial charge >= 0.3 is 47.6 Å². The van der Waals surface area contributed by atoms with Gasteiger partial charge in [-0.25, -0.2) is 4.79 Å². The summed E-state index contributed by atoms with van der Waals surface area (Å²) >= 11 is 5.73. The predicted molar refractivity (Wildman–Crippen MR) is 93.8 cm³/mol. The molecule has 0 aliphatic heterocycles.